The molecule has 0 atom stereocenters. The summed E-state index contributed by atoms with van der Waals surface area (Å²) in [6, 6.07) is 9.53. The van der Waals surface area contributed by atoms with Crippen molar-refractivity contribution in [1.29, 1.82) is 0 Å². The smallest absolute Gasteiger partial charge is 0.329 e. The lowest BCUT2D eigenvalue weighted by Crippen LogP contribution is -2.41. The zero-order valence-corrected chi connectivity index (χ0v) is 16.7. The fourth-order valence-electron chi connectivity index (χ4n) is 2.86. The van der Waals surface area contributed by atoms with Gasteiger partial charge < -0.3 is 20.1 Å². The topological polar surface area (TPSA) is 163 Å². The number of ether oxygens (including phenoxy) is 1. The zero-order valence-electron chi connectivity index (χ0n) is 16.7. The molecule has 0 aromatic heterocycles. The van der Waals surface area contributed by atoms with Gasteiger partial charge in [-0.15, -0.1) is 0 Å². The number of benzene rings is 2. The Morgan fingerprint density at radius 3 is 2.56 bits per heavy atom. The minimum absolute atomic E-state index is 0.0265. The highest BCUT2D eigenvalue weighted by Gasteiger charge is 2.23. The van der Waals surface area contributed by atoms with E-state index in [2.05, 4.69) is 10.4 Å². The van der Waals surface area contributed by atoms with Crippen molar-refractivity contribution in [1.82, 2.24) is 10.3 Å². The number of phenolic OH excluding ortho intramolecular Hbond substituents is 1. The van der Waals surface area contributed by atoms with Crippen molar-refractivity contribution in [3.8, 4) is 5.75 Å². The summed E-state index contributed by atoms with van der Waals surface area (Å²) in [6.07, 6.45) is 0.962. The van der Waals surface area contributed by atoms with Gasteiger partial charge in [-0.2, -0.15) is 5.10 Å². The van der Waals surface area contributed by atoms with Gasteiger partial charge in [-0.05, 0) is 18.2 Å². The maximum atomic E-state index is 12.7. The molecule has 1 heterocycles. The average molecular weight is 441 g/mol. The third kappa shape index (κ3) is 5.43. The van der Waals surface area contributed by atoms with Crippen molar-refractivity contribution in [3.63, 3.8) is 0 Å². The van der Waals surface area contributed by atoms with Crippen LogP contribution < -0.4 is 10.7 Å². The van der Waals surface area contributed by atoms with E-state index < -0.39 is 16.7 Å². The Morgan fingerprint density at radius 1 is 1.12 bits per heavy atom. The van der Waals surface area contributed by atoms with Crippen molar-refractivity contribution in [3.05, 3.63) is 63.7 Å². The standard InChI is InChI=1S/C20H19N5O7/c26-17-6-5-14(25(30)31)11-13(17)12-21-23-19(28)18(27)22-16-4-2-1-3-15(16)20(29)24-7-9-32-10-8-24/h1-6,11-12,26H,7-10H2,(H,22,27)(H,23,28). The highest BCUT2D eigenvalue weighted by molar-refractivity contribution is 6.40. The molecule has 1 fully saturated rings. The van der Waals surface area contributed by atoms with E-state index in [0.29, 0.717) is 26.3 Å². The number of hydrogen-bond acceptors (Lipinski definition) is 8. The molecule has 0 unspecified atom stereocenters. The summed E-state index contributed by atoms with van der Waals surface area (Å²) < 4.78 is 5.23. The summed E-state index contributed by atoms with van der Waals surface area (Å²) in [5, 5.41) is 26.4. The fourth-order valence-corrected chi connectivity index (χ4v) is 2.86. The van der Waals surface area contributed by atoms with Gasteiger partial charge in [-0.25, -0.2) is 5.43 Å². The molecule has 2 aromatic rings. The van der Waals surface area contributed by atoms with Crippen LogP contribution in [-0.2, 0) is 14.3 Å². The minimum Gasteiger partial charge on any atom is -0.507 e. The molecule has 0 aliphatic carbocycles. The number of hydrazone groups is 1. The van der Waals surface area contributed by atoms with Crippen LogP contribution in [0.25, 0.3) is 0 Å². The lowest BCUT2D eigenvalue weighted by Gasteiger charge is -2.27. The number of non-ortho nitro benzene ring substituents is 1. The van der Waals surface area contributed by atoms with E-state index in [9.17, 15) is 29.6 Å². The average Bonchev–Trinajstić information content (AvgIpc) is 2.80. The van der Waals surface area contributed by atoms with Crippen LogP contribution in [0, 0.1) is 10.1 Å². The molecule has 1 aliphatic rings. The van der Waals surface area contributed by atoms with E-state index in [4.69, 9.17) is 4.74 Å². The van der Waals surface area contributed by atoms with Crippen LogP contribution in [0.1, 0.15) is 15.9 Å². The third-order valence-corrected chi connectivity index (χ3v) is 4.50. The summed E-state index contributed by atoms with van der Waals surface area (Å²) in [6.45, 7) is 1.67. The van der Waals surface area contributed by atoms with Crippen molar-refractivity contribution in [2.75, 3.05) is 31.6 Å². The highest BCUT2D eigenvalue weighted by atomic mass is 16.6. The Bertz CT molecular complexity index is 1080. The molecule has 32 heavy (non-hydrogen) atoms. The van der Waals surface area contributed by atoms with E-state index in [-0.39, 0.29) is 34.2 Å². The maximum absolute atomic E-state index is 12.7. The summed E-state index contributed by atoms with van der Waals surface area (Å²) in [5.74, 6) is -2.81. The molecule has 0 bridgehead atoms. The number of carbonyl (C=O) groups is 3. The molecule has 2 aromatic carbocycles. The van der Waals surface area contributed by atoms with Crippen molar-refractivity contribution < 1.29 is 29.2 Å². The number of carbonyl (C=O) groups excluding carboxylic acids is 3. The van der Waals surface area contributed by atoms with E-state index in [1.54, 1.807) is 17.0 Å². The summed E-state index contributed by atoms with van der Waals surface area (Å²) >= 11 is 0. The number of nitro benzene ring substituents is 1. The molecule has 12 heteroatoms. The maximum Gasteiger partial charge on any atom is 0.329 e. The van der Waals surface area contributed by atoms with Gasteiger partial charge in [0, 0.05) is 30.8 Å². The molecule has 12 nitrogen and oxygen atoms in total. The van der Waals surface area contributed by atoms with Crippen molar-refractivity contribution >= 4 is 35.3 Å². The molecular weight excluding hydrogens is 422 g/mol. The number of nitrogens with one attached hydrogen (secondary N) is 2. The number of hydrogen-bond donors (Lipinski definition) is 3. The van der Waals surface area contributed by atoms with Crippen molar-refractivity contribution in [2.45, 2.75) is 0 Å². The van der Waals surface area contributed by atoms with Crippen LogP contribution in [0.3, 0.4) is 0 Å². The summed E-state index contributed by atoms with van der Waals surface area (Å²) in [5.41, 5.74) is 2.04. The number of morpholine rings is 1. The number of rotatable bonds is 5. The fraction of sp³-hybridized carbons (Fsp3) is 0.200. The summed E-state index contributed by atoms with van der Waals surface area (Å²) in [7, 11) is 0. The highest BCUT2D eigenvalue weighted by Crippen LogP contribution is 2.21. The Kier molecular flexibility index (Phi) is 7.08. The second-order valence-corrected chi connectivity index (χ2v) is 6.60. The van der Waals surface area contributed by atoms with E-state index in [0.717, 1.165) is 24.4 Å². The number of anilines is 1. The Balaban J connectivity index is 1.65. The molecule has 0 saturated carbocycles. The van der Waals surface area contributed by atoms with Crippen LogP contribution in [0.5, 0.6) is 5.75 Å². The lowest BCUT2D eigenvalue weighted by atomic mass is 10.1. The minimum atomic E-state index is -1.14. The molecule has 0 radical (unpaired) electrons. The first-order valence-electron chi connectivity index (χ1n) is 9.44. The predicted molar refractivity (Wildman–Crippen MR) is 112 cm³/mol. The molecule has 0 spiro atoms. The Hall–Kier alpha value is -4.32. The van der Waals surface area contributed by atoms with E-state index in [1.165, 1.54) is 12.1 Å². The van der Waals surface area contributed by atoms with Gasteiger partial charge in [0.25, 0.3) is 11.6 Å². The van der Waals surface area contributed by atoms with E-state index in [1.807, 2.05) is 5.43 Å². The quantitative estimate of drug-likeness (QED) is 0.268. The summed E-state index contributed by atoms with van der Waals surface area (Å²) in [4.78, 5) is 48.8. The largest absolute Gasteiger partial charge is 0.507 e. The first-order valence-corrected chi connectivity index (χ1v) is 9.44. The second kappa shape index (κ2) is 10.1. The van der Waals surface area contributed by atoms with Gasteiger partial charge in [0.1, 0.15) is 5.75 Å². The SMILES string of the molecule is O=C(NN=Cc1cc([N+](=O)[O-])ccc1O)C(=O)Nc1ccccc1C(=O)N1CCOCC1. The van der Waals surface area contributed by atoms with Crippen LogP contribution in [-0.4, -0.2) is 65.2 Å². The van der Waals surface area contributed by atoms with Gasteiger partial charge >= 0.3 is 11.8 Å². The molecule has 1 saturated heterocycles. The molecular formula is C20H19N5O7. The van der Waals surface area contributed by atoms with Gasteiger partial charge in [0.2, 0.25) is 0 Å². The molecule has 3 rings (SSSR count). The van der Waals surface area contributed by atoms with E-state index >= 15 is 0 Å². The van der Waals surface area contributed by atoms with Crippen molar-refractivity contribution in [2.24, 2.45) is 5.10 Å². The number of phenols is 1. The Morgan fingerprint density at radius 2 is 1.84 bits per heavy atom. The van der Waals surface area contributed by atoms with Crippen LogP contribution in [0.4, 0.5) is 11.4 Å². The van der Waals surface area contributed by atoms with Gasteiger partial charge in [0.15, 0.2) is 0 Å². The van der Waals surface area contributed by atoms with Gasteiger partial charge in [0.05, 0.1) is 35.6 Å². The molecule has 166 valence electrons. The van der Waals surface area contributed by atoms with Crippen LogP contribution in [0.2, 0.25) is 0 Å². The molecule has 3 amide bonds. The normalized spacial score (nSPS) is 13.6. The lowest BCUT2D eigenvalue weighted by molar-refractivity contribution is -0.384. The number of para-hydroxylation sites is 1. The predicted octanol–water partition coefficient (Wildman–Crippen LogP) is 0.862. The van der Waals surface area contributed by atoms with Crippen LogP contribution >= 0.6 is 0 Å². The number of nitrogens with zero attached hydrogens (tertiary/aromatic N) is 3. The molecule has 1 aliphatic heterocycles. The monoisotopic (exact) mass is 441 g/mol. The molecule has 3 N–H and O–H groups in total. The van der Waals surface area contributed by atoms with Gasteiger partial charge in [-0.3, -0.25) is 24.5 Å². The van der Waals surface area contributed by atoms with Gasteiger partial charge in [-0.1, -0.05) is 12.1 Å². The second-order valence-electron chi connectivity index (χ2n) is 6.60. The number of nitro groups is 1. The number of amides is 3. The Labute approximate surface area is 181 Å². The first kappa shape index (κ1) is 22.4. The first-order chi connectivity index (χ1) is 15.4. The zero-order chi connectivity index (χ0) is 23.1. The van der Waals surface area contributed by atoms with Crippen LogP contribution in [0.15, 0.2) is 47.6 Å². The number of aromatic hydroxyl groups is 1. The third-order valence-electron chi connectivity index (χ3n) is 4.50.